The highest BCUT2D eigenvalue weighted by atomic mass is 35.5. The van der Waals surface area contributed by atoms with Crippen LogP contribution in [-0.2, 0) is 14.3 Å². The molecule has 10 heteroatoms. The van der Waals surface area contributed by atoms with E-state index < -0.39 is 6.17 Å². The Morgan fingerprint density at radius 3 is 2.69 bits per heavy atom. The Hall–Kier alpha value is -2.68. The molecule has 0 bridgehead atoms. The molecule has 168 valence electrons. The van der Waals surface area contributed by atoms with Gasteiger partial charge in [-0.1, -0.05) is 41.4 Å². The summed E-state index contributed by atoms with van der Waals surface area (Å²) in [5.74, 6) is -0.649. The van der Waals surface area contributed by atoms with Crippen molar-refractivity contribution < 1.29 is 14.3 Å². The third kappa shape index (κ3) is 5.56. The summed E-state index contributed by atoms with van der Waals surface area (Å²) in [6, 6.07) is 12.5. The number of anilines is 1. The molecule has 0 fully saturated rings. The molecule has 32 heavy (non-hydrogen) atoms. The summed E-state index contributed by atoms with van der Waals surface area (Å²) >= 11 is 18.0. The van der Waals surface area contributed by atoms with Crippen LogP contribution in [0, 0.1) is 0 Å². The lowest BCUT2D eigenvalue weighted by molar-refractivity contribution is -0.142. The fraction of sp³-hybridized carbons (Fsp3) is 0.273. The van der Waals surface area contributed by atoms with Crippen molar-refractivity contribution in [1.82, 2.24) is 10.6 Å². The van der Waals surface area contributed by atoms with E-state index in [4.69, 9.17) is 40.2 Å². The van der Waals surface area contributed by atoms with Gasteiger partial charge in [0.2, 0.25) is 6.17 Å². The molecule has 1 aliphatic rings. The number of rotatable bonds is 6. The van der Waals surface area contributed by atoms with E-state index in [9.17, 15) is 9.59 Å². The van der Waals surface area contributed by atoms with Gasteiger partial charge in [0.25, 0.3) is 5.91 Å². The van der Waals surface area contributed by atoms with Gasteiger partial charge in [-0.15, -0.1) is 0 Å². The van der Waals surface area contributed by atoms with Crippen molar-refractivity contribution in [1.29, 1.82) is 0 Å². The number of nitrogens with one attached hydrogen (secondary N) is 2. The average molecular weight is 493 g/mol. The number of esters is 1. The molecule has 0 aliphatic carbocycles. The first-order chi connectivity index (χ1) is 15.3. The molecule has 0 aromatic heterocycles. The van der Waals surface area contributed by atoms with E-state index in [0.717, 1.165) is 0 Å². The van der Waals surface area contributed by atoms with Crippen LogP contribution in [0.25, 0.3) is 0 Å². The Kier molecular flexibility index (Phi) is 8.06. The van der Waals surface area contributed by atoms with Gasteiger partial charge in [0, 0.05) is 34.8 Å². The number of halogens is 2. The molecule has 1 aliphatic heterocycles. The predicted octanol–water partition coefficient (Wildman–Crippen LogP) is 3.55. The maximum atomic E-state index is 13.2. The first-order valence-electron chi connectivity index (χ1n) is 9.92. The maximum absolute atomic E-state index is 13.2. The topological polar surface area (TPSA) is 83.0 Å². The van der Waals surface area contributed by atoms with Crippen molar-refractivity contribution in [3.8, 4) is 0 Å². The summed E-state index contributed by atoms with van der Waals surface area (Å²) in [6.07, 6.45) is -0.869. The standard InChI is InChI=1S/C22H22Cl2N4O3S/c1-3-31-18(29)10-11-25-22(32)27-20-21(30)28(2)17-9-8-13(23)12-15(17)19(26-20)14-6-4-5-7-16(14)24/h4-9,12,20H,3,10-11H2,1-2H3,(H2,25,27,32). The second kappa shape index (κ2) is 10.8. The van der Waals surface area contributed by atoms with Crippen LogP contribution in [0.4, 0.5) is 5.69 Å². The van der Waals surface area contributed by atoms with Gasteiger partial charge in [-0.05, 0) is 43.4 Å². The molecule has 7 nitrogen and oxygen atoms in total. The normalized spacial score (nSPS) is 15.4. The fourth-order valence-electron chi connectivity index (χ4n) is 3.19. The highest BCUT2D eigenvalue weighted by molar-refractivity contribution is 7.80. The third-order valence-electron chi connectivity index (χ3n) is 4.71. The van der Waals surface area contributed by atoms with E-state index in [0.29, 0.717) is 39.2 Å². The second-order valence-corrected chi connectivity index (χ2v) is 8.13. The molecule has 0 radical (unpaired) electrons. The summed E-state index contributed by atoms with van der Waals surface area (Å²) in [5.41, 5.74) is 2.49. The zero-order chi connectivity index (χ0) is 23.3. The molecule has 0 saturated heterocycles. The number of hydrogen-bond donors (Lipinski definition) is 2. The molecule has 0 saturated carbocycles. The minimum Gasteiger partial charge on any atom is -0.466 e. The van der Waals surface area contributed by atoms with E-state index in [1.807, 2.05) is 18.2 Å². The molecule has 2 aromatic carbocycles. The highest BCUT2D eigenvalue weighted by Crippen LogP contribution is 2.31. The number of hydrogen-bond acceptors (Lipinski definition) is 5. The zero-order valence-corrected chi connectivity index (χ0v) is 19.9. The number of benzene rings is 2. The number of likely N-dealkylation sites (N-methyl/N-ethyl adjacent to an activating group) is 1. The summed E-state index contributed by atoms with van der Waals surface area (Å²) < 4.78 is 4.89. The zero-order valence-electron chi connectivity index (χ0n) is 17.5. The monoisotopic (exact) mass is 492 g/mol. The van der Waals surface area contributed by atoms with Crippen LogP contribution in [0.5, 0.6) is 0 Å². The second-order valence-electron chi connectivity index (χ2n) is 6.87. The Morgan fingerprint density at radius 2 is 1.97 bits per heavy atom. The third-order valence-corrected chi connectivity index (χ3v) is 5.54. The Morgan fingerprint density at radius 1 is 1.22 bits per heavy atom. The number of amides is 1. The lowest BCUT2D eigenvalue weighted by Gasteiger charge is -2.22. The van der Waals surface area contributed by atoms with Gasteiger partial charge in [-0.3, -0.25) is 9.59 Å². The maximum Gasteiger partial charge on any atom is 0.307 e. The number of ether oxygens (including phenoxy) is 1. The SMILES string of the molecule is CCOC(=O)CCNC(=S)NC1N=C(c2ccccc2Cl)c2cc(Cl)ccc2N(C)C1=O. The molecule has 0 spiro atoms. The Labute approximate surface area is 201 Å². The van der Waals surface area contributed by atoms with Gasteiger partial charge in [0.1, 0.15) is 0 Å². The van der Waals surface area contributed by atoms with Crippen molar-refractivity contribution in [2.75, 3.05) is 25.1 Å². The van der Waals surface area contributed by atoms with Gasteiger partial charge < -0.3 is 20.3 Å². The number of nitrogens with zero attached hydrogens (tertiary/aromatic N) is 2. The minimum atomic E-state index is -1.01. The predicted molar refractivity (Wildman–Crippen MR) is 131 cm³/mol. The fourth-order valence-corrected chi connectivity index (χ4v) is 3.81. The Bertz CT molecular complexity index is 1080. The number of aliphatic imine (C=N–C) groups is 1. The summed E-state index contributed by atoms with van der Waals surface area (Å²) in [4.78, 5) is 30.9. The van der Waals surface area contributed by atoms with Crippen molar-refractivity contribution >= 4 is 63.8 Å². The number of carbonyl (C=O) groups excluding carboxylic acids is 2. The minimum absolute atomic E-state index is 0.145. The molecule has 1 atom stereocenters. The smallest absolute Gasteiger partial charge is 0.307 e. The first kappa shape index (κ1) is 24.0. The first-order valence-corrected chi connectivity index (χ1v) is 11.1. The molecule has 1 unspecified atom stereocenters. The molecular formula is C22H22Cl2N4O3S. The van der Waals surface area contributed by atoms with E-state index >= 15 is 0 Å². The molecule has 1 amide bonds. The van der Waals surface area contributed by atoms with Gasteiger partial charge in [0.15, 0.2) is 5.11 Å². The average Bonchev–Trinajstić information content (AvgIpc) is 2.85. The van der Waals surface area contributed by atoms with Gasteiger partial charge in [-0.25, -0.2) is 4.99 Å². The molecule has 3 rings (SSSR count). The lowest BCUT2D eigenvalue weighted by Crippen LogP contribution is -2.49. The number of thiocarbonyl (C=S) groups is 1. The molecular weight excluding hydrogens is 471 g/mol. The van der Waals surface area contributed by atoms with Gasteiger partial charge in [0.05, 0.1) is 24.4 Å². The van der Waals surface area contributed by atoms with E-state index in [1.165, 1.54) is 4.90 Å². The van der Waals surface area contributed by atoms with Crippen molar-refractivity contribution in [2.24, 2.45) is 4.99 Å². The summed E-state index contributed by atoms with van der Waals surface area (Å²) in [5, 5.41) is 7.01. The van der Waals surface area contributed by atoms with E-state index in [2.05, 4.69) is 15.6 Å². The van der Waals surface area contributed by atoms with Crippen LogP contribution >= 0.6 is 35.4 Å². The number of benzodiazepines with no additional fused rings is 1. The van der Waals surface area contributed by atoms with E-state index in [-0.39, 0.29) is 30.0 Å². The van der Waals surface area contributed by atoms with Crippen molar-refractivity contribution in [3.63, 3.8) is 0 Å². The van der Waals surface area contributed by atoms with Gasteiger partial charge >= 0.3 is 5.97 Å². The van der Waals surface area contributed by atoms with Crippen molar-refractivity contribution in [2.45, 2.75) is 19.5 Å². The van der Waals surface area contributed by atoms with Crippen LogP contribution in [0.3, 0.4) is 0 Å². The van der Waals surface area contributed by atoms with Gasteiger partial charge in [-0.2, -0.15) is 0 Å². The van der Waals surface area contributed by atoms with Crippen LogP contribution in [0.1, 0.15) is 24.5 Å². The quantitative estimate of drug-likeness (QED) is 0.473. The largest absolute Gasteiger partial charge is 0.466 e. The van der Waals surface area contributed by atoms with Crippen LogP contribution in [0.2, 0.25) is 10.0 Å². The van der Waals surface area contributed by atoms with E-state index in [1.54, 1.807) is 38.2 Å². The lowest BCUT2D eigenvalue weighted by atomic mass is 10.00. The number of fused-ring (bicyclic) bond motifs is 1. The molecule has 2 aromatic rings. The summed E-state index contributed by atoms with van der Waals surface area (Å²) in [7, 11) is 1.66. The van der Waals surface area contributed by atoms with Crippen LogP contribution in [0.15, 0.2) is 47.5 Å². The number of carbonyl (C=O) groups is 2. The highest BCUT2D eigenvalue weighted by Gasteiger charge is 2.31. The van der Waals surface area contributed by atoms with Crippen molar-refractivity contribution in [3.05, 3.63) is 63.6 Å². The van der Waals surface area contributed by atoms with Crippen LogP contribution in [-0.4, -0.2) is 49.1 Å². The summed E-state index contributed by atoms with van der Waals surface area (Å²) in [6.45, 7) is 2.32. The van der Waals surface area contributed by atoms with Crippen LogP contribution < -0.4 is 15.5 Å². The Balaban J connectivity index is 1.92. The molecule has 2 N–H and O–H groups in total. The molecule has 1 heterocycles.